The van der Waals surface area contributed by atoms with Crippen LogP contribution in [0, 0.1) is 12.8 Å². The predicted molar refractivity (Wildman–Crippen MR) is 104 cm³/mol. The number of aromatic nitrogens is 3. The van der Waals surface area contributed by atoms with Crippen molar-refractivity contribution in [3.05, 3.63) is 23.8 Å². The molecule has 1 saturated heterocycles. The van der Waals surface area contributed by atoms with Crippen molar-refractivity contribution < 1.29 is 9.59 Å². The molecule has 1 unspecified atom stereocenters. The van der Waals surface area contributed by atoms with Crippen molar-refractivity contribution in [2.45, 2.75) is 46.1 Å². The molecular weight excluding hydrogens is 364 g/mol. The minimum absolute atomic E-state index is 0.347. The van der Waals surface area contributed by atoms with E-state index in [0.717, 1.165) is 34.9 Å². The van der Waals surface area contributed by atoms with Crippen molar-refractivity contribution in [1.82, 2.24) is 19.9 Å². The lowest BCUT2D eigenvalue weighted by Gasteiger charge is -2.21. The van der Waals surface area contributed by atoms with Crippen molar-refractivity contribution in [2.24, 2.45) is 11.7 Å². The van der Waals surface area contributed by atoms with Crippen LogP contribution in [0.3, 0.4) is 0 Å². The molecule has 0 bridgehead atoms. The summed E-state index contributed by atoms with van der Waals surface area (Å²) in [6.45, 7) is 6.65. The molecule has 0 saturated carbocycles. The van der Waals surface area contributed by atoms with Crippen LogP contribution in [0.1, 0.15) is 38.2 Å². The molecule has 27 heavy (non-hydrogen) atoms. The zero-order valence-electron chi connectivity index (χ0n) is 15.7. The minimum atomic E-state index is -0.550. The molecule has 0 aromatic carbocycles. The van der Waals surface area contributed by atoms with Crippen LogP contribution >= 0.6 is 11.3 Å². The summed E-state index contributed by atoms with van der Waals surface area (Å²) < 4.78 is 0. The number of carbonyl (C=O) groups excluding carboxylic acids is 2. The monoisotopic (exact) mass is 388 g/mol. The van der Waals surface area contributed by atoms with Gasteiger partial charge in [-0.25, -0.2) is 19.7 Å². The Labute approximate surface area is 162 Å². The highest BCUT2D eigenvalue weighted by Crippen LogP contribution is 2.32. The number of nitrogens with two attached hydrogens (primary N) is 1. The highest BCUT2D eigenvalue weighted by atomic mass is 32.1. The average Bonchev–Trinajstić information content (AvgIpc) is 3.21. The van der Waals surface area contributed by atoms with E-state index in [0.29, 0.717) is 24.0 Å². The number of likely N-dealkylation sites (tertiary alicyclic amines) is 1. The first-order chi connectivity index (χ1) is 12.8. The zero-order valence-corrected chi connectivity index (χ0v) is 16.5. The lowest BCUT2D eigenvalue weighted by Crippen LogP contribution is -2.45. The number of nitrogens with zero attached hydrogens (tertiary/aromatic N) is 4. The summed E-state index contributed by atoms with van der Waals surface area (Å²) in [5, 5.41) is 3.27. The van der Waals surface area contributed by atoms with Gasteiger partial charge in [-0.3, -0.25) is 10.1 Å². The van der Waals surface area contributed by atoms with E-state index in [4.69, 9.17) is 5.73 Å². The maximum absolute atomic E-state index is 12.5. The first-order valence-corrected chi connectivity index (χ1v) is 9.83. The molecule has 2 aromatic heterocycles. The van der Waals surface area contributed by atoms with E-state index >= 15 is 0 Å². The van der Waals surface area contributed by atoms with Crippen LogP contribution in [-0.4, -0.2) is 44.4 Å². The van der Waals surface area contributed by atoms with Crippen LogP contribution in [0.15, 0.2) is 12.3 Å². The van der Waals surface area contributed by atoms with Crippen molar-refractivity contribution in [2.75, 3.05) is 11.9 Å². The van der Waals surface area contributed by atoms with Crippen LogP contribution in [0.5, 0.6) is 0 Å². The fourth-order valence-electron chi connectivity index (χ4n) is 3.15. The van der Waals surface area contributed by atoms with Crippen molar-refractivity contribution >= 4 is 28.4 Å². The number of nitrogens with one attached hydrogen (secondary N) is 1. The summed E-state index contributed by atoms with van der Waals surface area (Å²) in [4.78, 5) is 39.8. The van der Waals surface area contributed by atoms with Crippen LogP contribution in [-0.2, 0) is 11.2 Å². The maximum Gasteiger partial charge on any atom is 0.324 e. The van der Waals surface area contributed by atoms with Crippen molar-refractivity contribution in [1.29, 1.82) is 0 Å². The molecule has 144 valence electrons. The first kappa shape index (κ1) is 19.2. The van der Waals surface area contributed by atoms with Crippen LogP contribution in [0.2, 0.25) is 0 Å². The third kappa shape index (κ3) is 4.41. The number of thiazole rings is 1. The molecule has 2 aromatic rings. The molecule has 1 atom stereocenters. The predicted octanol–water partition coefficient (Wildman–Crippen LogP) is 2.59. The second-order valence-electron chi connectivity index (χ2n) is 7.07. The Balaban J connectivity index is 1.77. The SMILES string of the molecule is Cc1nc(NC(=O)N2CCCC2C(N)=O)sc1-c1ccnc(CC(C)C)n1. The van der Waals surface area contributed by atoms with E-state index < -0.39 is 11.9 Å². The van der Waals surface area contributed by atoms with Gasteiger partial charge >= 0.3 is 6.03 Å². The first-order valence-electron chi connectivity index (χ1n) is 9.01. The summed E-state index contributed by atoms with van der Waals surface area (Å²) in [6, 6.07) is 0.949. The minimum Gasteiger partial charge on any atom is -0.368 e. The van der Waals surface area contributed by atoms with E-state index in [1.807, 2.05) is 13.0 Å². The van der Waals surface area contributed by atoms with Crippen LogP contribution in [0.4, 0.5) is 9.93 Å². The Bertz CT molecular complexity index is 850. The Morgan fingerprint density at radius 2 is 2.19 bits per heavy atom. The molecule has 1 fully saturated rings. The zero-order chi connectivity index (χ0) is 19.6. The highest BCUT2D eigenvalue weighted by molar-refractivity contribution is 7.19. The number of primary amides is 1. The molecule has 0 radical (unpaired) electrons. The molecule has 1 aliphatic rings. The van der Waals surface area contributed by atoms with Gasteiger partial charge in [0.1, 0.15) is 11.9 Å². The van der Waals surface area contributed by atoms with E-state index in [1.165, 1.54) is 16.2 Å². The number of hydrogen-bond donors (Lipinski definition) is 2. The standard InChI is InChI=1S/C18H24N6O2S/c1-10(2)9-14-20-7-6-12(22-14)15-11(3)21-17(27-15)23-18(26)24-8-4-5-13(24)16(19)25/h6-7,10,13H,4-5,8-9H2,1-3H3,(H2,19,25)(H,21,23,26). The third-order valence-electron chi connectivity index (χ3n) is 4.38. The molecule has 3 heterocycles. The summed E-state index contributed by atoms with van der Waals surface area (Å²) >= 11 is 1.36. The van der Waals surface area contributed by atoms with Gasteiger partial charge in [-0.1, -0.05) is 25.2 Å². The van der Waals surface area contributed by atoms with E-state index in [2.05, 4.69) is 34.1 Å². The summed E-state index contributed by atoms with van der Waals surface area (Å²) in [7, 11) is 0. The van der Waals surface area contributed by atoms with E-state index in [1.54, 1.807) is 6.20 Å². The average molecular weight is 388 g/mol. The lowest BCUT2D eigenvalue weighted by atomic mass is 10.1. The number of aryl methyl sites for hydroxylation is 1. The van der Waals surface area contributed by atoms with Crippen molar-refractivity contribution in [3.63, 3.8) is 0 Å². The molecule has 3 rings (SSSR count). The van der Waals surface area contributed by atoms with E-state index in [-0.39, 0.29) is 6.03 Å². The second kappa shape index (κ2) is 7.99. The second-order valence-corrected chi connectivity index (χ2v) is 8.07. The number of carbonyl (C=O) groups is 2. The number of hydrogen-bond acceptors (Lipinski definition) is 6. The molecule has 3 amide bonds. The summed E-state index contributed by atoms with van der Waals surface area (Å²) in [5.41, 5.74) is 6.97. The van der Waals surface area contributed by atoms with Crippen molar-refractivity contribution in [3.8, 4) is 10.6 Å². The molecule has 0 aliphatic carbocycles. The van der Waals surface area contributed by atoms with Crippen LogP contribution in [0.25, 0.3) is 10.6 Å². The van der Waals surface area contributed by atoms with Gasteiger partial charge in [0.05, 0.1) is 16.3 Å². The topological polar surface area (TPSA) is 114 Å². The largest absolute Gasteiger partial charge is 0.368 e. The molecule has 0 spiro atoms. The van der Waals surface area contributed by atoms with Gasteiger partial charge in [-0.15, -0.1) is 0 Å². The fraction of sp³-hybridized carbons (Fsp3) is 0.500. The number of anilines is 1. The molecule has 3 N–H and O–H groups in total. The Kier molecular flexibility index (Phi) is 5.69. The molecule has 1 aliphatic heterocycles. The highest BCUT2D eigenvalue weighted by Gasteiger charge is 2.33. The number of amides is 3. The van der Waals surface area contributed by atoms with Gasteiger partial charge in [0.2, 0.25) is 5.91 Å². The molecular formula is C18H24N6O2S. The molecule has 8 nitrogen and oxygen atoms in total. The third-order valence-corrected chi connectivity index (χ3v) is 5.48. The Morgan fingerprint density at radius 3 is 2.89 bits per heavy atom. The van der Waals surface area contributed by atoms with Gasteiger partial charge in [0.15, 0.2) is 5.13 Å². The summed E-state index contributed by atoms with van der Waals surface area (Å²) in [6.07, 6.45) is 3.92. The van der Waals surface area contributed by atoms with Gasteiger partial charge < -0.3 is 10.6 Å². The molecule has 9 heteroatoms. The maximum atomic E-state index is 12.5. The quantitative estimate of drug-likeness (QED) is 0.817. The van der Waals surface area contributed by atoms with Gasteiger partial charge in [0, 0.05) is 19.2 Å². The Hall–Kier alpha value is -2.55. The van der Waals surface area contributed by atoms with Gasteiger partial charge in [-0.05, 0) is 31.7 Å². The van der Waals surface area contributed by atoms with Gasteiger partial charge in [0.25, 0.3) is 0 Å². The van der Waals surface area contributed by atoms with Crippen LogP contribution < -0.4 is 11.1 Å². The lowest BCUT2D eigenvalue weighted by molar-refractivity contribution is -0.121. The number of rotatable bonds is 5. The normalized spacial score (nSPS) is 16.7. The smallest absolute Gasteiger partial charge is 0.324 e. The number of urea groups is 1. The summed E-state index contributed by atoms with van der Waals surface area (Å²) in [5.74, 6) is 0.788. The van der Waals surface area contributed by atoms with E-state index in [9.17, 15) is 9.59 Å². The van der Waals surface area contributed by atoms with Gasteiger partial charge in [-0.2, -0.15) is 0 Å². The Morgan fingerprint density at radius 1 is 1.41 bits per heavy atom. The fourth-order valence-corrected chi connectivity index (χ4v) is 4.07.